The predicted octanol–water partition coefficient (Wildman–Crippen LogP) is 2.25. The van der Waals surface area contributed by atoms with Gasteiger partial charge in [0.05, 0.1) is 13.2 Å². The van der Waals surface area contributed by atoms with Gasteiger partial charge < -0.3 is 14.9 Å². The van der Waals surface area contributed by atoms with Crippen LogP contribution in [0.2, 0.25) is 0 Å². The fourth-order valence-electron chi connectivity index (χ4n) is 3.71. The van der Waals surface area contributed by atoms with Gasteiger partial charge in [-0.3, -0.25) is 4.90 Å². The molecule has 0 radical (unpaired) electrons. The Morgan fingerprint density at radius 1 is 0.920 bits per heavy atom. The van der Waals surface area contributed by atoms with Crippen molar-refractivity contribution in [2.45, 2.75) is 12.0 Å². The van der Waals surface area contributed by atoms with Crippen LogP contribution in [0.25, 0.3) is 0 Å². The molecule has 1 aliphatic heterocycles. The zero-order chi connectivity index (χ0) is 17.5. The first-order chi connectivity index (χ1) is 12.2. The number of hydrogen-bond acceptors (Lipinski definition) is 4. The van der Waals surface area contributed by atoms with Crippen molar-refractivity contribution in [2.24, 2.45) is 5.92 Å². The standard InChI is InChI=1S/C21H27NO3/c23-14-11-20(17-22-12-15-25-16-13-22)21(24,18-7-3-1-4-8-18)19-9-5-2-6-10-19/h1-10,20,23-24H,11-17H2. The Kier molecular flexibility index (Phi) is 6.21. The van der Waals surface area contributed by atoms with E-state index >= 15 is 0 Å². The quantitative estimate of drug-likeness (QED) is 0.811. The van der Waals surface area contributed by atoms with Crippen LogP contribution in [0, 0.1) is 5.92 Å². The van der Waals surface area contributed by atoms with Gasteiger partial charge in [-0.05, 0) is 17.5 Å². The first kappa shape index (κ1) is 18.1. The Morgan fingerprint density at radius 3 is 1.92 bits per heavy atom. The van der Waals surface area contributed by atoms with Crippen LogP contribution in [-0.4, -0.2) is 54.6 Å². The molecule has 4 heteroatoms. The van der Waals surface area contributed by atoms with Crippen molar-refractivity contribution in [1.29, 1.82) is 0 Å². The summed E-state index contributed by atoms with van der Waals surface area (Å²) < 4.78 is 5.44. The molecule has 0 amide bonds. The molecule has 1 saturated heterocycles. The molecule has 0 spiro atoms. The molecule has 0 saturated carbocycles. The third-order valence-electron chi connectivity index (χ3n) is 5.08. The van der Waals surface area contributed by atoms with E-state index in [0.717, 1.165) is 44.0 Å². The molecule has 2 aromatic rings. The van der Waals surface area contributed by atoms with E-state index in [4.69, 9.17) is 4.74 Å². The molecular formula is C21H27NO3. The van der Waals surface area contributed by atoms with Crippen molar-refractivity contribution in [3.05, 3.63) is 71.8 Å². The number of morpholine rings is 1. The molecule has 1 unspecified atom stereocenters. The fourth-order valence-corrected chi connectivity index (χ4v) is 3.71. The van der Waals surface area contributed by atoms with Gasteiger partial charge in [-0.1, -0.05) is 60.7 Å². The number of aliphatic hydroxyl groups excluding tert-OH is 1. The number of benzene rings is 2. The topological polar surface area (TPSA) is 52.9 Å². The van der Waals surface area contributed by atoms with Gasteiger partial charge in [0.2, 0.25) is 0 Å². The summed E-state index contributed by atoms with van der Waals surface area (Å²) in [6, 6.07) is 19.6. The van der Waals surface area contributed by atoms with E-state index in [9.17, 15) is 10.2 Å². The molecule has 2 aromatic carbocycles. The lowest BCUT2D eigenvalue weighted by atomic mass is 9.74. The van der Waals surface area contributed by atoms with Gasteiger partial charge in [0.1, 0.15) is 5.60 Å². The van der Waals surface area contributed by atoms with Crippen molar-refractivity contribution in [3.63, 3.8) is 0 Å². The summed E-state index contributed by atoms with van der Waals surface area (Å²) in [5.41, 5.74) is 0.602. The van der Waals surface area contributed by atoms with Crippen molar-refractivity contribution in [3.8, 4) is 0 Å². The van der Waals surface area contributed by atoms with Crippen molar-refractivity contribution in [2.75, 3.05) is 39.5 Å². The van der Waals surface area contributed by atoms with Crippen LogP contribution < -0.4 is 0 Å². The molecule has 0 bridgehead atoms. The zero-order valence-electron chi connectivity index (χ0n) is 14.6. The Labute approximate surface area is 149 Å². The lowest BCUT2D eigenvalue weighted by Crippen LogP contribution is -2.47. The first-order valence-electron chi connectivity index (χ1n) is 8.99. The second-order valence-electron chi connectivity index (χ2n) is 6.62. The summed E-state index contributed by atoms with van der Waals surface area (Å²) in [5.74, 6) is -0.111. The Bertz CT molecular complexity index is 587. The second kappa shape index (κ2) is 8.59. The molecule has 25 heavy (non-hydrogen) atoms. The molecule has 0 aliphatic carbocycles. The minimum atomic E-state index is -1.14. The van der Waals surface area contributed by atoms with E-state index in [1.165, 1.54) is 0 Å². The second-order valence-corrected chi connectivity index (χ2v) is 6.62. The van der Waals surface area contributed by atoms with Crippen molar-refractivity contribution < 1.29 is 14.9 Å². The van der Waals surface area contributed by atoms with Crippen LogP contribution in [0.4, 0.5) is 0 Å². The third kappa shape index (κ3) is 4.10. The van der Waals surface area contributed by atoms with Gasteiger partial charge in [-0.2, -0.15) is 0 Å². The van der Waals surface area contributed by atoms with E-state index in [-0.39, 0.29) is 12.5 Å². The van der Waals surface area contributed by atoms with Crippen LogP contribution in [0.1, 0.15) is 17.5 Å². The number of nitrogens with zero attached hydrogens (tertiary/aromatic N) is 1. The van der Waals surface area contributed by atoms with Gasteiger partial charge in [-0.15, -0.1) is 0 Å². The van der Waals surface area contributed by atoms with E-state index < -0.39 is 5.60 Å². The number of hydrogen-bond donors (Lipinski definition) is 2. The molecule has 134 valence electrons. The molecule has 2 N–H and O–H groups in total. The maximum atomic E-state index is 11.9. The van der Waals surface area contributed by atoms with Crippen molar-refractivity contribution >= 4 is 0 Å². The molecule has 1 fully saturated rings. The van der Waals surface area contributed by atoms with Gasteiger partial charge in [0, 0.05) is 32.2 Å². The van der Waals surface area contributed by atoms with Crippen LogP contribution in [0.15, 0.2) is 60.7 Å². The number of aliphatic hydroxyl groups is 2. The maximum absolute atomic E-state index is 11.9. The minimum absolute atomic E-state index is 0.0526. The molecule has 1 heterocycles. The molecule has 0 aromatic heterocycles. The maximum Gasteiger partial charge on any atom is 0.119 e. The predicted molar refractivity (Wildman–Crippen MR) is 98.3 cm³/mol. The summed E-state index contributed by atoms with van der Waals surface area (Å²) in [5, 5.41) is 21.6. The average Bonchev–Trinajstić information content (AvgIpc) is 2.69. The smallest absolute Gasteiger partial charge is 0.119 e. The monoisotopic (exact) mass is 341 g/mol. The normalized spacial score (nSPS) is 17.4. The first-order valence-corrected chi connectivity index (χ1v) is 8.99. The Morgan fingerprint density at radius 2 is 1.44 bits per heavy atom. The van der Waals surface area contributed by atoms with Gasteiger partial charge in [-0.25, -0.2) is 0 Å². The molecule has 1 aliphatic rings. The highest BCUT2D eigenvalue weighted by Crippen LogP contribution is 2.39. The van der Waals surface area contributed by atoms with Crippen molar-refractivity contribution in [1.82, 2.24) is 4.90 Å². The fraction of sp³-hybridized carbons (Fsp3) is 0.429. The summed E-state index contributed by atoms with van der Waals surface area (Å²) in [6.07, 6.45) is 0.539. The van der Waals surface area contributed by atoms with E-state index in [2.05, 4.69) is 4.90 Å². The van der Waals surface area contributed by atoms with Gasteiger partial charge in [0.25, 0.3) is 0 Å². The van der Waals surface area contributed by atoms with E-state index in [1.54, 1.807) is 0 Å². The molecular weight excluding hydrogens is 314 g/mol. The summed E-state index contributed by atoms with van der Waals surface area (Å²) in [4.78, 5) is 2.32. The summed E-state index contributed by atoms with van der Waals surface area (Å²) in [7, 11) is 0. The van der Waals surface area contributed by atoms with Crippen LogP contribution >= 0.6 is 0 Å². The average molecular weight is 341 g/mol. The highest BCUT2D eigenvalue weighted by atomic mass is 16.5. The molecule has 4 nitrogen and oxygen atoms in total. The Hall–Kier alpha value is -1.72. The largest absolute Gasteiger partial charge is 0.396 e. The van der Waals surface area contributed by atoms with Crippen LogP contribution in [0.5, 0.6) is 0 Å². The van der Waals surface area contributed by atoms with Gasteiger partial charge >= 0.3 is 0 Å². The van der Waals surface area contributed by atoms with E-state index in [1.807, 2.05) is 60.7 Å². The summed E-state index contributed by atoms with van der Waals surface area (Å²) in [6.45, 7) is 3.95. The summed E-state index contributed by atoms with van der Waals surface area (Å²) >= 11 is 0. The lowest BCUT2D eigenvalue weighted by Gasteiger charge is -2.40. The lowest BCUT2D eigenvalue weighted by molar-refractivity contribution is -0.0311. The highest BCUT2D eigenvalue weighted by Gasteiger charge is 2.40. The third-order valence-corrected chi connectivity index (χ3v) is 5.08. The van der Waals surface area contributed by atoms with Crippen LogP contribution in [-0.2, 0) is 10.3 Å². The molecule has 3 rings (SSSR count). The van der Waals surface area contributed by atoms with Crippen LogP contribution in [0.3, 0.4) is 0 Å². The number of rotatable bonds is 7. The minimum Gasteiger partial charge on any atom is -0.396 e. The zero-order valence-corrected chi connectivity index (χ0v) is 14.6. The van der Waals surface area contributed by atoms with E-state index in [0.29, 0.717) is 6.42 Å². The molecule has 1 atom stereocenters. The Balaban J connectivity index is 1.98. The number of ether oxygens (including phenoxy) is 1. The highest BCUT2D eigenvalue weighted by molar-refractivity contribution is 5.37. The SMILES string of the molecule is OCCC(CN1CCOCC1)C(O)(c1ccccc1)c1ccccc1. The van der Waals surface area contributed by atoms with Gasteiger partial charge in [0.15, 0.2) is 0 Å².